The molecule has 3 aromatic heterocycles. The molecule has 3 N–H and O–H groups in total. The highest BCUT2D eigenvalue weighted by atomic mass is 19.1. The van der Waals surface area contributed by atoms with Crippen LogP contribution in [0.1, 0.15) is 35.7 Å². The number of hydrogen-bond donors (Lipinski definition) is 3. The number of rotatable bonds is 7. The van der Waals surface area contributed by atoms with Gasteiger partial charge in [-0.3, -0.25) is 9.59 Å². The maximum Gasteiger partial charge on any atom is 0.274 e. The number of carbonyl (C=O) groups is 1. The van der Waals surface area contributed by atoms with Crippen LogP contribution in [0.2, 0.25) is 0 Å². The number of methoxy groups -OCH3 is 1. The van der Waals surface area contributed by atoms with Gasteiger partial charge in [-0.25, -0.2) is 9.37 Å². The topological polar surface area (TPSA) is 124 Å². The number of anilines is 3. The number of ether oxygens (including phenoxy) is 2. The molecule has 2 aliphatic rings. The Balaban J connectivity index is 1.46. The molecule has 0 spiro atoms. The molecule has 1 amide bonds. The van der Waals surface area contributed by atoms with Crippen molar-refractivity contribution >= 4 is 28.9 Å². The van der Waals surface area contributed by atoms with Gasteiger partial charge in [0.1, 0.15) is 35.2 Å². The molecule has 5 rings (SSSR count). The average Bonchev–Trinajstić information content (AvgIpc) is 3.31. The van der Waals surface area contributed by atoms with Crippen LogP contribution >= 0.6 is 0 Å². The Bertz CT molecular complexity index is 1290. The van der Waals surface area contributed by atoms with Gasteiger partial charge in [0.15, 0.2) is 5.65 Å². The van der Waals surface area contributed by atoms with E-state index in [9.17, 15) is 14.0 Å². The fourth-order valence-corrected chi connectivity index (χ4v) is 4.48. The largest absolute Gasteiger partial charge is 0.379 e. The minimum Gasteiger partial charge on any atom is -0.379 e. The first kappa shape index (κ1) is 23.2. The second-order valence-corrected chi connectivity index (χ2v) is 8.71. The van der Waals surface area contributed by atoms with Crippen molar-refractivity contribution in [3.05, 3.63) is 46.5 Å². The molecule has 0 unspecified atom stereocenters. The number of carbonyl (C=O) groups excluding carboxylic acids is 1. The van der Waals surface area contributed by atoms with Crippen molar-refractivity contribution in [3.8, 4) is 0 Å². The normalized spacial score (nSPS) is 24.1. The number of amides is 1. The molecule has 1 saturated carbocycles. The first-order valence-corrected chi connectivity index (χ1v) is 11.6. The van der Waals surface area contributed by atoms with Crippen molar-refractivity contribution in [3.63, 3.8) is 0 Å². The monoisotopic (exact) mass is 485 g/mol. The second kappa shape index (κ2) is 9.62. The summed E-state index contributed by atoms with van der Waals surface area (Å²) in [6.07, 6.45) is 3.59. The predicted molar refractivity (Wildman–Crippen MR) is 127 cm³/mol. The molecule has 2 fully saturated rings. The molecule has 1 aliphatic carbocycles. The quantitative estimate of drug-likeness (QED) is 0.464. The van der Waals surface area contributed by atoms with Crippen LogP contribution in [0.15, 0.2) is 35.4 Å². The van der Waals surface area contributed by atoms with E-state index in [1.54, 1.807) is 43.1 Å². The zero-order chi connectivity index (χ0) is 24.5. The first-order valence-electron chi connectivity index (χ1n) is 11.6. The van der Waals surface area contributed by atoms with E-state index in [0.717, 1.165) is 0 Å². The van der Waals surface area contributed by atoms with Crippen molar-refractivity contribution in [2.24, 2.45) is 0 Å². The first-order chi connectivity index (χ1) is 17.0. The summed E-state index contributed by atoms with van der Waals surface area (Å²) in [5.41, 5.74) is 0.610. The number of halogens is 1. The second-order valence-electron chi connectivity index (χ2n) is 8.71. The van der Waals surface area contributed by atoms with E-state index >= 15 is 0 Å². The lowest BCUT2D eigenvalue weighted by atomic mass is 9.90. The van der Waals surface area contributed by atoms with Crippen LogP contribution in [0.4, 0.5) is 21.7 Å². The van der Waals surface area contributed by atoms with Crippen LogP contribution in [0, 0.1) is 0 Å². The summed E-state index contributed by atoms with van der Waals surface area (Å²) in [4.78, 5) is 30.6. The average molecular weight is 486 g/mol. The lowest BCUT2D eigenvalue weighted by molar-refractivity contribution is -0.0609. The maximum atomic E-state index is 13.7. The lowest BCUT2D eigenvalue weighted by Crippen LogP contribution is -2.48. The van der Waals surface area contributed by atoms with Crippen LogP contribution in [0.3, 0.4) is 0 Å². The minimum absolute atomic E-state index is 0.151. The molecule has 186 valence electrons. The Kier molecular flexibility index (Phi) is 6.39. The third-order valence-corrected chi connectivity index (χ3v) is 6.65. The van der Waals surface area contributed by atoms with Gasteiger partial charge >= 0.3 is 0 Å². The summed E-state index contributed by atoms with van der Waals surface area (Å²) in [7, 11) is 3.32. The minimum atomic E-state index is -1.03. The van der Waals surface area contributed by atoms with Gasteiger partial charge in [-0.2, -0.15) is 9.61 Å². The number of pyridine rings is 1. The lowest BCUT2D eigenvalue weighted by Gasteiger charge is -2.32. The van der Waals surface area contributed by atoms with E-state index in [-0.39, 0.29) is 28.9 Å². The third-order valence-electron chi connectivity index (χ3n) is 6.65. The summed E-state index contributed by atoms with van der Waals surface area (Å²) in [5.74, 6) is 0.475. The summed E-state index contributed by atoms with van der Waals surface area (Å²) in [5, 5.41) is 13.1. The number of alkyl halides is 1. The number of fused-ring (bicyclic) bond motifs is 1. The number of hydrogen-bond acceptors (Lipinski definition) is 8. The van der Waals surface area contributed by atoms with Crippen molar-refractivity contribution in [1.29, 1.82) is 0 Å². The van der Waals surface area contributed by atoms with Gasteiger partial charge in [-0.15, -0.1) is 0 Å². The van der Waals surface area contributed by atoms with Crippen molar-refractivity contribution in [2.45, 2.75) is 43.6 Å². The Morgan fingerprint density at radius 3 is 2.89 bits per heavy atom. The molecule has 0 radical (unpaired) electrons. The van der Waals surface area contributed by atoms with Gasteiger partial charge in [0, 0.05) is 33.0 Å². The molecule has 11 nitrogen and oxygen atoms in total. The van der Waals surface area contributed by atoms with Crippen LogP contribution in [0.5, 0.6) is 0 Å². The van der Waals surface area contributed by atoms with Gasteiger partial charge in [0.2, 0.25) is 0 Å². The van der Waals surface area contributed by atoms with Crippen LogP contribution in [0.25, 0.3) is 5.65 Å². The number of nitrogens with zero attached hydrogens (tertiary/aromatic N) is 4. The Morgan fingerprint density at radius 1 is 1.31 bits per heavy atom. The molecular formula is C23H28FN7O4. The highest BCUT2D eigenvalue weighted by Gasteiger charge is 2.33. The fraction of sp³-hybridized carbons (Fsp3) is 0.478. The molecule has 12 heteroatoms. The zero-order valence-corrected chi connectivity index (χ0v) is 19.5. The summed E-state index contributed by atoms with van der Waals surface area (Å²) in [6, 6.07) is 4.50. The van der Waals surface area contributed by atoms with E-state index in [2.05, 4.69) is 26.0 Å². The standard InChI is InChI=1S/C23H28FN7O4/c1-25-20-10-19(29-21-13(11-26-31(20)21)22(32)28-15-6-5-14(15)24)27-16-4-3-8-30(23(16)33)17-7-9-35-12-18(17)34-2/h3-4,8,10-11,14-15,17-18,25H,5-7,9,12H2,1-2H3,(H,27,29)(H,28,32)/t14-,15+,17-,18+/m0/s1. The Morgan fingerprint density at radius 2 is 2.17 bits per heavy atom. The molecule has 0 aromatic carbocycles. The van der Waals surface area contributed by atoms with E-state index < -0.39 is 18.1 Å². The zero-order valence-electron chi connectivity index (χ0n) is 19.5. The maximum absolute atomic E-state index is 13.7. The summed E-state index contributed by atoms with van der Waals surface area (Å²) >= 11 is 0. The van der Waals surface area contributed by atoms with E-state index in [1.807, 2.05) is 0 Å². The predicted octanol–water partition coefficient (Wildman–Crippen LogP) is 1.88. The summed E-state index contributed by atoms with van der Waals surface area (Å²) in [6.45, 7) is 0.972. The van der Waals surface area contributed by atoms with E-state index in [0.29, 0.717) is 49.8 Å². The van der Waals surface area contributed by atoms with Crippen LogP contribution in [-0.2, 0) is 9.47 Å². The molecule has 4 heterocycles. The highest BCUT2D eigenvalue weighted by molar-refractivity contribution is 6.00. The number of aromatic nitrogens is 4. The smallest absolute Gasteiger partial charge is 0.274 e. The molecule has 0 bridgehead atoms. The van der Waals surface area contributed by atoms with Gasteiger partial charge in [-0.05, 0) is 31.4 Å². The van der Waals surface area contributed by atoms with E-state index in [4.69, 9.17) is 9.47 Å². The Labute approximate surface area is 200 Å². The fourth-order valence-electron chi connectivity index (χ4n) is 4.48. The molecule has 4 atom stereocenters. The van der Waals surface area contributed by atoms with Crippen molar-refractivity contribution in [1.82, 2.24) is 24.5 Å². The SMILES string of the molecule is CNc1cc(Nc2cccn([C@H]3CCOC[C@H]3OC)c2=O)nc2c(C(=O)N[C@@H]3CC[C@@H]3F)cnn12. The molecule has 1 aliphatic heterocycles. The Hall–Kier alpha value is -3.51. The molecule has 3 aromatic rings. The van der Waals surface area contributed by atoms with Gasteiger partial charge < -0.3 is 30.0 Å². The summed E-state index contributed by atoms with van der Waals surface area (Å²) < 4.78 is 27.8. The van der Waals surface area contributed by atoms with Crippen molar-refractivity contribution in [2.75, 3.05) is 38.0 Å². The van der Waals surface area contributed by atoms with Gasteiger partial charge in [-0.1, -0.05) is 0 Å². The van der Waals surface area contributed by atoms with Crippen LogP contribution < -0.4 is 21.5 Å². The van der Waals surface area contributed by atoms with Gasteiger partial charge in [0.05, 0.1) is 24.9 Å². The number of nitrogens with one attached hydrogen (secondary N) is 3. The molecular weight excluding hydrogens is 457 g/mol. The highest BCUT2D eigenvalue weighted by Crippen LogP contribution is 2.26. The van der Waals surface area contributed by atoms with Crippen LogP contribution in [-0.4, -0.2) is 70.8 Å². The molecule has 1 saturated heterocycles. The van der Waals surface area contributed by atoms with E-state index in [1.165, 1.54) is 10.7 Å². The van der Waals surface area contributed by atoms with Gasteiger partial charge in [0.25, 0.3) is 11.5 Å². The molecule has 35 heavy (non-hydrogen) atoms. The van der Waals surface area contributed by atoms with Crippen molar-refractivity contribution < 1.29 is 18.7 Å². The third kappa shape index (κ3) is 4.34.